The third kappa shape index (κ3) is 7.04. The van der Waals surface area contributed by atoms with Gasteiger partial charge in [-0.1, -0.05) is 72.6 Å². The lowest BCUT2D eigenvalue weighted by molar-refractivity contribution is -0.147. The summed E-state index contributed by atoms with van der Waals surface area (Å²) in [5, 5.41) is 10.0. The van der Waals surface area contributed by atoms with Crippen molar-refractivity contribution in [3.8, 4) is 11.5 Å². The highest BCUT2D eigenvalue weighted by Gasteiger charge is 2.51. The van der Waals surface area contributed by atoms with Gasteiger partial charge >= 0.3 is 5.97 Å². The summed E-state index contributed by atoms with van der Waals surface area (Å²) >= 11 is 0. The first-order valence-corrected chi connectivity index (χ1v) is 14.0. The quantitative estimate of drug-likeness (QED) is 0.260. The lowest BCUT2D eigenvalue weighted by Crippen LogP contribution is -2.52. The maximum atomic E-state index is 13.5. The van der Waals surface area contributed by atoms with Crippen LogP contribution in [0.5, 0.6) is 11.5 Å². The van der Waals surface area contributed by atoms with Crippen LogP contribution in [0.1, 0.15) is 119 Å². The van der Waals surface area contributed by atoms with Gasteiger partial charge in [0.15, 0.2) is 11.7 Å². The zero-order chi connectivity index (χ0) is 27.2. The largest absolute Gasteiger partial charge is 0.496 e. The van der Waals surface area contributed by atoms with E-state index in [4.69, 9.17) is 9.47 Å². The topological polar surface area (TPSA) is 72.8 Å². The number of aliphatic carboxylic acids is 1. The van der Waals surface area contributed by atoms with Crippen molar-refractivity contribution < 1.29 is 24.2 Å². The summed E-state index contributed by atoms with van der Waals surface area (Å²) < 4.78 is 12.0. The van der Waals surface area contributed by atoms with Gasteiger partial charge in [0, 0.05) is 5.56 Å². The van der Waals surface area contributed by atoms with E-state index in [0.717, 1.165) is 35.8 Å². The second-order valence-corrected chi connectivity index (χ2v) is 12.0. The van der Waals surface area contributed by atoms with Gasteiger partial charge in [-0.3, -0.25) is 9.59 Å². The number of carboxylic acid groups (broad SMARTS) is 1. The van der Waals surface area contributed by atoms with Crippen LogP contribution in [0.3, 0.4) is 0 Å². The van der Waals surface area contributed by atoms with E-state index in [2.05, 4.69) is 27.7 Å². The molecule has 0 spiro atoms. The van der Waals surface area contributed by atoms with Crippen LogP contribution in [0.2, 0.25) is 0 Å². The Bertz CT molecular complexity index is 918. The highest BCUT2D eigenvalue weighted by atomic mass is 16.5. The minimum absolute atomic E-state index is 0.357. The maximum absolute atomic E-state index is 13.5. The number of hydrogen-bond acceptors (Lipinski definition) is 4. The normalized spacial score (nSPS) is 21.2. The molecule has 36 heavy (non-hydrogen) atoms. The molecule has 1 aliphatic rings. The van der Waals surface area contributed by atoms with Crippen LogP contribution in [0.4, 0.5) is 0 Å². The molecule has 0 saturated heterocycles. The number of methoxy groups -OCH3 is 1. The molecule has 0 fully saturated rings. The molecule has 5 nitrogen and oxygen atoms in total. The summed E-state index contributed by atoms with van der Waals surface area (Å²) in [5.74, 6) is 0.570. The van der Waals surface area contributed by atoms with E-state index in [1.807, 2.05) is 13.8 Å². The predicted octanol–water partition coefficient (Wildman–Crippen LogP) is 8.09. The molecule has 0 bridgehead atoms. The fourth-order valence-corrected chi connectivity index (χ4v) is 5.89. The van der Waals surface area contributed by atoms with Crippen molar-refractivity contribution in [1.29, 1.82) is 0 Å². The van der Waals surface area contributed by atoms with E-state index in [9.17, 15) is 14.7 Å². The number of hydrogen-bond donors (Lipinski definition) is 1. The van der Waals surface area contributed by atoms with Gasteiger partial charge in [0.2, 0.25) is 0 Å². The molecule has 4 atom stereocenters. The fourth-order valence-electron chi connectivity index (χ4n) is 5.89. The Morgan fingerprint density at radius 1 is 0.917 bits per heavy atom. The van der Waals surface area contributed by atoms with Gasteiger partial charge in [0.05, 0.1) is 12.7 Å². The number of Topliss-reactive ketones (excluding diaryl/α,β-unsaturated/α-hetero) is 1. The summed E-state index contributed by atoms with van der Waals surface area (Å²) in [6.07, 6.45) is 10.0. The molecular formula is C31H50O5. The smallest absolute Gasteiger partial charge is 0.318 e. The van der Waals surface area contributed by atoms with Crippen LogP contribution in [0.15, 0.2) is 0 Å². The molecule has 2 unspecified atom stereocenters. The fraction of sp³-hybridized carbons (Fsp3) is 0.742. The first-order valence-electron chi connectivity index (χ1n) is 14.0. The zero-order valence-electron chi connectivity index (χ0n) is 24.3. The Balaban J connectivity index is 2.02. The number of fused-ring (bicyclic) bond motifs is 1. The first kappa shape index (κ1) is 30.2. The molecule has 0 saturated carbocycles. The summed E-state index contributed by atoms with van der Waals surface area (Å²) in [7, 11) is 1.57. The Morgan fingerprint density at radius 2 is 1.44 bits per heavy atom. The van der Waals surface area contributed by atoms with Crippen molar-refractivity contribution in [2.24, 2.45) is 23.7 Å². The molecule has 1 aromatic carbocycles. The van der Waals surface area contributed by atoms with E-state index in [1.165, 1.54) is 38.5 Å². The highest BCUT2D eigenvalue weighted by Crippen LogP contribution is 2.47. The van der Waals surface area contributed by atoms with Gasteiger partial charge in [-0.15, -0.1) is 0 Å². The number of rotatable bonds is 14. The lowest BCUT2D eigenvalue weighted by atomic mass is 9.75. The molecular weight excluding hydrogens is 452 g/mol. The third-order valence-corrected chi connectivity index (χ3v) is 8.33. The Kier molecular flexibility index (Phi) is 10.9. The molecule has 0 aliphatic carbocycles. The molecule has 0 amide bonds. The minimum Gasteiger partial charge on any atom is -0.496 e. The minimum atomic E-state index is -1.22. The van der Waals surface area contributed by atoms with Crippen LogP contribution in [0, 0.1) is 44.4 Å². The van der Waals surface area contributed by atoms with E-state index < -0.39 is 17.5 Å². The van der Waals surface area contributed by atoms with Crippen molar-refractivity contribution >= 4 is 11.8 Å². The molecule has 0 radical (unpaired) electrons. The second kappa shape index (κ2) is 13.0. The van der Waals surface area contributed by atoms with Crippen LogP contribution in [-0.2, 0) is 4.79 Å². The van der Waals surface area contributed by atoms with Crippen LogP contribution in [-0.4, -0.2) is 29.6 Å². The van der Waals surface area contributed by atoms with Crippen molar-refractivity contribution in [1.82, 2.24) is 0 Å². The summed E-state index contributed by atoms with van der Waals surface area (Å²) in [4.78, 5) is 25.8. The van der Waals surface area contributed by atoms with Gasteiger partial charge < -0.3 is 14.6 Å². The molecule has 1 aromatic rings. The van der Waals surface area contributed by atoms with Crippen molar-refractivity contribution in [2.75, 3.05) is 7.11 Å². The molecule has 0 aromatic heterocycles. The van der Waals surface area contributed by atoms with E-state index in [0.29, 0.717) is 35.0 Å². The van der Waals surface area contributed by atoms with Crippen LogP contribution in [0.25, 0.3) is 0 Å². The number of carbonyl (C=O) groups excluding carboxylic acids is 1. The standard InChI is InChI=1S/C31H50O5/c1-19(2)13-10-14-20(3)15-11-16-21(4)17-12-18-31(8)26(30(33)34)27(32)25-24(7)28(35-9)22(5)23(6)29(25)36-31/h19-21,26H,10-18H2,1-9H3,(H,33,34)/t20-,21+,26?,31?/m1/s1. The molecule has 1 N–H and O–H groups in total. The van der Waals surface area contributed by atoms with Gasteiger partial charge in [-0.2, -0.15) is 0 Å². The predicted molar refractivity (Wildman–Crippen MR) is 146 cm³/mol. The van der Waals surface area contributed by atoms with Gasteiger partial charge in [-0.05, 0) is 69.4 Å². The number of ketones is 1. The molecule has 2 rings (SSSR count). The summed E-state index contributed by atoms with van der Waals surface area (Å²) in [6.45, 7) is 16.7. The first-order chi connectivity index (χ1) is 16.8. The zero-order valence-corrected chi connectivity index (χ0v) is 24.3. The lowest BCUT2D eigenvalue weighted by Gasteiger charge is -2.41. The van der Waals surface area contributed by atoms with Crippen molar-refractivity contribution in [3.63, 3.8) is 0 Å². The number of benzene rings is 1. The Hall–Kier alpha value is -2.04. The van der Waals surface area contributed by atoms with E-state index >= 15 is 0 Å². The van der Waals surface area contributed by atoms with Crippen LogP contribution >= 0.6 is 0 Å². The van der Waals surface area contributed by atoms with Gasteiger partial charge in [-0.25, -0.2) is 0 Å². The van der Waals surface area contributed by atoms with Crippen molar-refractivity contribution in [3.05, 3.63) is 22.3 Å². The average Bonchev–Trinajstić information content (AvgIpc) is 2.77. The Labute approximate surface area is 219 Å². The molecule has 204 valence electrons. The van der Waals surface area contributed by atoms with Gasteiger partial charge in [0.25, 0.3) is 0 Å². The number of carboxylic acids is 1. The highest BCUT2D eigenvalue weighted by molar-refractivity contribution is 6.13. The number of ether oxygens (including phenoxy) is 2. The Morgan fingerprint density at radius 3 is 1.94 bits per heavy atom. The molecule has 1 heterocycles. The second-order valence-electron chi connectivity index (χ2n) is 12.0. The molecule has 1 aliphatic heterocycles. The van der Waals surface area contributed by atoms with Crippen molar-refractivity contribution in [2.45, 2.75) is 119 Å². The average molecular weight is 503 g/mol. The van der Waals surface area contributed by atoms with Crippen LogP contribution < -0.4 is 9.47 Å². The third-order valence-electron chi connectivity index (χ3n) is 8.33. The number of carbonyl (C=O) groups is 2. The summed E-state index contributed by atoms with van der Waals surface area (Å²) in [5.41, 5.74) is 1.70. The maximum Gasteiger partial charge on any atom is 0.318 e. The molecule has 5 heteroatoms. The summed E-state index contributed by atoms with van der Waals surface area (Å²) in [6, 6.07) is 0. The van der Waals surface area contributed by atoms with E-state index in [1.54, 1.807) is 21.0 Å². The SMILES string of the molecule is COc1c(C)c(C)c2c(c1C)C(=O)C(C(=O)O)C(C)(CCC[C@@H](C)CCC[C@H](C)CCCC(C)C)O2. The van der Waals surface area contributed by atoms with Gasteiger partial charge in [0.1, 0.15) is 17.1 Å². The monoisotopic (exact) mass is 502 g/mol. The van der Waals surface area contributed by atoms with E-state index in [-0.39, 0.29) is 5.78 Å².